The van der Waals surface area contributed by atoms with E-state index in [9.17, 15) is 9.59 Å². The van der Waals surface area contributed by atoms with Gasteiger partial charge in [0.15, 0.2) is 0 Å². The molecule has 17 heavy (non-hydrogen) atoms. The van der Waals surface area contributed by atoms with Crippen LogP contribution in [0.2, 0.25) is 0 Å². The molecule has 2 atom stereocenters. The van der Waals surface area contributed by atoms with Gasteiger partial charge in [0.25, 0.3) is 0 Å². The number of amides is 1. The molecule has 0 bridgehead atoms. The second kappa shape index (κ2) is 6.59. The molecule has 0 aromatic carbocycles. The van der Waals surface area contributed by atoms with Crippen LogP contribution in [0.5, 0.6) is 0 Å². The third-order valence-electron chi connectivity index (χ3n) is 3.02. The van der Waals surface area contributed by atoms with E-state index in [2.05, 4.69) is 12.2 Å². The molecule has 0 aliphatic carbocycles. The molecule has 1 saturated heterocycles. The maximum Gasteiger partial charge on any atom is 0.325 e. The summed E-state index contributed by atoms with van der Waals surface area (Å²) in [6, 6.07) is 0.369. The molecule has 1 amide bonds. The van der Waals surface area contributed by atoms with Crippen LogP contribution in [0.1, 0.15) is 26.7 Å². The van der Waals surface area contributed by atoms with Gasteiger partial charge in [-0.15, -0.1) is 0 Å². The van der Waals surface area contributed by atoms with E-state index in [4.69, 9.17) is 4.74 Å². The number of nitrogens with one attached hydrogen (secondary N) is 1. The van der Waals surface area contributed by atoms with Crippen LogP contribution in [0.25, 0.3) is 0 Å². The van der Waals surface area contributed by atoms with Gasteiger partial charge in [-0.05, 0) is 33.2 Å². The molecule has 1 aliphatic rings. The number of hydrogen-bond acceptors (Lipinski definition) is 4. The summed E-state index contributed by atoms with van der Waals surface area (Å²) in [4.78, 5) is 24.8. The summed E-state index contributed by atoms with van der Waals surface area (Å²) in [5.41, 5.74) is 0. The molecule has 0 aromatic heterocycles. The first-order valence-corrected chi connectivity index (χ1v) is 6.18. The van der Waals surface area contributed by atoms with Gasteiger partial charge < -0.3 is 15.0 Å². The third-order valence-corrected chi connectivity index (χ3v) is 3.02. The lowest BCUT2D eigenvalue weighted by molar-refractivity contribution is -0.149. The standard InChI is InChI=1S/C12H22N2O3/c1-4-17-11(15)8-14(3)12(16)10-5-6-13-9(2)7-10/h9-10,13H,4-8H2,1-3H3/t9-,10-/m0/s1. The number of rotatable bonds is 4. The predicted molar refractivity (Wildman–Crippen MR) is 64.5 cm³/mol. The average Bonchev–Trinajstić information content (AvgIpc) is 2.28. The van der Waals surface area contributed by atoms with Gasteiger partial charge in [-0.25, -0.2) is 0 Å². The number of likely N-dealkylation sites (N-methyl/N-ethyl adjacent to an activating group) is 1. The van der Waals surface area contributed by atoms with Crippen molar-refractivity contribution in [1.29, 1.82) is 0 Å². The summed E-state index contributed by atoms with van der Waals surface area (Å²) in [5, 5.41) is 3.30. The van der Waals surface area contributed by atoms with Gasteiger partial charge >= 0.3 is 5.97 Å². The Hall–Kier alpha value is -1.10. The Kier molecular flexibility index (Phi) is 5.41. The van der Waals surface area contributed by atoms with Crippen molar-refractivity contribution in [1.82, 2.24) is 10.2 Å². The van der Waals surface area contributed by atoms with E-state index in [-0.39, 0.29) is 24.3 Å². The van der Waals surface area contributed by atoms with Gasteiger partial charge in [0, 0.05) is 19.0 Å². The van der Waals surface area contributed by atoms with Crippen LogP contribution in [0.3, 0.4) is 0 Å². The van der Waals surface area contributed by atoms with Crippen LogP contribution >= 0.6 is 0 Å². The second-order valence-electron chi connectivity index (χ2n) is 4.58. The Morgan fingerprint density at radius 1 is 1.47 bits per heavy atom. The van der Waals surface area contributed by atoms with Crippen molar-refractivity contribution >= 4 is 11.9 Å². The van der Waals surface area contributed by atoms with E-state index in [0.29, 0.717) is 12.6 Å². The minimum atomic E-state index is -0.342. The molecule has 98 valence electrons. The molecule has 0 aromatic rings. The maximum atomic E-state index is 12.1. The van der Waals surface area contributed by atoms with Crippen LogP contribution < -0.4 is 5.32 Å². The van der Waals surface area contributed by atoms with Gasteiger partial charge in [-0.1, -0.05) is 0 Å². The number of nitrogens with zero attached hydrogens (tertiary/aromatic N) is 1. The Labute approximate surface area is 102 Å². The zero-order valence-electron chi connectivity index (χ0n) is 10.9. The fraction of sp³-hybridized carbons (Fsp3) is 0.833. The zero-order valence-corrected chi connectivity index (χ0v) is 10.9. The fourth-order valence-electron chi connectivity index (χ4n) is 2.15. The SMILES string of the molecule is CCOC(=O)CN(C)C(=O)[C@H]1CCN[C@@H](C)C1. The lowest BCUT2D eigenvalue weighted by Gasteiger charge is -2.29. The van der Waals surface area contributed by atoms with E-state index in [1.54, 1.807) is 14.0 Å². The molecule has 0 spiro atoms. The van der Waals surface area contributed by atoms with Crippen LogP contribution in [0.4, 0.5) is 0 Å². The summed E-state index contributed by atoms with van der Waals surface area (Å²) < 4.78 is 4.83. The first-order chi connectivity index (χ1) is 8.04. The van der Waals surface area contributed by atoms with E-state index in [1.807, 2.05) is 0 Å². The van der Waals surface area contributed by atoms with Crippen LogP contribution in [0, 0.1) is 5.92 Å². The first-order valence-electron chi connectivity index (χ1n) is 6.18. The van der Waals surface area contributed by atoms with Gasteiger partial charge in [-0.3, -0.25) is 9.59 Å². The Morgan fingerprint density at radius 3 is 2.76 bits per heavy atom. The predicted octanol–water partition coefficient (Wildman–Crippen LogP) is 0.396. The van der Waals surface area contributed by atoms with E-state index < -0.39 is 0 Å². The molecule has 1 fully saturated rings. The highest BCUT2D eigenvalue weighted by molar-refractivity contribution is 5.83. The molecule has 0 radical (unpaired) electrons. The number of ether oxygens (including phenoxy) is 1. The minimum absolute atomic E-state index is 0.0330. The number of hydrogen-bond donors (Lipinski definition) is 1. The monoisotopic (exact) mass is 242 g/mol. The van der Waals surface area contributed by atoms with Gasteiger partial charge in [0.05, 0.1) is 6.61 Å². The van der Waals surface area contributed by atoms with Crippen molar-refractivity contribution in [3.8, 4) is 0 Å². The van der Waals surface area contributed by atoms with Crippen molar-refractivity contribution in [2.45, 2.75) is 32.7 Å². The molecular formula is C12H22N2O3. The second-order valence-corrected chi connectivity index (χ2v) is 4.58. The quantitative estimate of drug-likeness (QED) is 0.725. The summed E-state index contributed by atoms with van der Waals surface area (Å²) >= 11 is 0. The summed E-state index contributed by atoms with van der Waals surface area (Å²) in [6.45, 7) is 5.10. The number of esters is 1. The molecule has 5 nitrogen and oxygen atoms in total. The number of piperidine rings is 1. The van der Waals surface area contributed by atoms with Crippen molar-refractivity contribution in [3.05, 3.63) is 0 Å². The smallest absolute Gasteiger partial charge is 0.325 e. The van der Waals surface area contributed by atoms with Gasteiger partial charge in [0.1, 0.15) is 6.54 Å². The van der Waals surface area contributed by atoms with Crippen LogP contribution in [-0.2, 0) is 14.3 Å². The summed E-state index contributed by atoms with van der Waals surface area (Å²) in [7, 11) is 1.66. The Morgan fingerprint density at radius 2 is 2.18 bits per heavy atom. The molecule has 0 unspecified atom stereocenters. The molecular weight excluding hydrogens is 220 g/mol. The maximum absolute atomic E-state index is 12.1. The summed E-state index contributed by atoms with van der Waals surface area (Å²) in [5.74, 6) is -0.262. The molecule has 1 rings (SSSR count). The topological polar surface area (TPSA) is 58.6 Å². The van der Waals surface area contributed by atoms with E-state index >= 15 is 0 Å². The van der Waals surface area contributed by atoms with Gasteiger partial charge in [-0.2, -0.15) is 0 Å². The van der Waals surface area contributed by atoms with Crippen molar-refractivity contribution < 1.29 is 14.3 Å². The molecule has 0 saturated carbocycles. The lowest BCUT2D eigenvalue weighted by Crippen LogP contribution is -2.44. The molecule has 1 N–H and O–H groups in total. The minimum Gasteiger partial charge on any atom is -0.465 e. The van der Waals surface area contributed by atoms with E-state index in [1.165, 1.54) is 4.90 Å². The first kappa shape index (κ1) is 14.0. The lowest BCUT2D eigenvalue weighted by atomic mass is 9.92. The van der Waals surface area contributed by atoms with Crippen molar-refractivity contribution in [3.63, 3.8) is 0 Å². The van der Waals surface area contributed by atoms with Crippen molar-refractivity contribution in [2.75, 3.05) is 26.7 Å². The molecule has 5 heteroatoms. The number of carbonyl (C=O) groups is 2. The van der Waals surface area contributed by atoms with E-state index in [0.717, 1.165) is 19.4 Å². The Bertz CT molecular complexity index is 281. The molecule has 1 heterocycles. The zero-order chi connectivity index (χ0) is 12.8. The fourth-order valence-corrected chi connectivity index (χ4v) is 2.15. The highest BCUT2D eigenvalue weighted by Gasteiger charge is 2.27. The van der Waals surface area contributed by atoms with Crippen molar-refractivity contribution in [2.24, 2.45) is 5.92 Å². The normalized spacial score (nSPS) is 24.2. The van der Waals surface area contributed by atoms with Gasteiger partial charge in [0.2, 0.25) is 5.91 Å². The number of carbonyl (C=O) groups excluding carboxylic acids is 2. The third kappa shape index (κ3) is 4.34. The molecule has 1 aliphatic heterocycles. The average molecular weight is 242 g/mol. The van der Waals surface area contributed by atoms with Crippen LogP contribution in [-0.4, -0.2) is 49.6 Å². The highest BCUT2D eigenvalue weighted by atomic mass is 16.5. The largest absolute Gasteiger partial charge is 0.465 e. The Balaban J connectivity index is 2.42. The van der Waals surface area contributed by atoms with Crippen LogP contribution in [0.15, 0.2) is 0 Å². The summed E-state index contributed by atoms with van der Waals surface area (Å²) in [6.07, 6.45) is 1.68. The highest BCUT2D eigenvalue weighted by Crippen LogP contribution is 2.18.